The minimum absolute atomic E-state index is 0.298. The van der Waals surface area contributed by atoms with Gasteiger partial charge in [-0.05, 0) is 73.9 Å². The van der Waals surface area contributed by atoms with Crippen LogP contribution in [0.15, 0.2) is 54.6 Å². The van der Waals surface area contributed by atoms with E-state index < -0.39 is 0 Å². The standard InChI is InChI=1S/C25H23Cl3N2O2/c1-16-12-19(13-17(2)25(16)28)31-11-5-10-30-22-7-4-3-6-21(22)29-24(30)15-32-23-9-8-18(26)14-20(23)27/h3-4,6-9,12-14H,5,10-11,15H2,1-2H3. The molecule has 0 aliphatic heterocycles. The number of nitrogens with zero attached hydrogens (tertiary/aromatic N) is 2. The highest BCUT2D eigenvalue weighted by molar-refractivity contribution is 6.35. The largest absolute Gasteiger partial charge is 0.494 e. The summed E-state index contributed by atoms with van der Waals surface area (Å²) in [5.41, 5.74) is 4.02. The van der Waals surface area contributed by atoms with Crippen LogP contribution in [0.25, 0.3) is 11.0 Å². The van der Waals surface area contributed by atoms with E-state index in [1.807, 2.05) is 44.2 Å². The van der Waals surface area contributed by atoms with E-state index in [0.717, 1.165) is 51.7 Å². The van der Waals surface area contributed by atoms with Gasteiger partial charge in [0.2, 0.25) is 0 Å². The molecule has 0 N–H and O–H groups in total. The molecule has 0 amide bonds. The normalized spacial score (nSPS) is 11.2. The number of benzene rings is 3. The van der Waals surface area contributed by atoms with Crippen molar-refractivity contribution in [1.29, 1.82) is 0 Å². The van der Waals surface area contributed by atoms with Gasteiger partial charge in [-0.2, -0.15) is 0 Å². The van der Waals surface area contributed by atoms with E-state index in [0.29, 0.717) is 29.0 Å². The van der Waals surface area contributed by atoms with Crippen molar-refractivity contribution >= 4 is 45.8 Å². The number of rotatable bonds is 8. The van der Waals surface area contributed by atoms with E-state index in [2.05, 4.69) is 10.6 Å². The Labute approximate surface area is 202 Å². The predicted molar refractivity (Wildman–Crippen MR) is 132 cm³/mol. The fourth-order valence-electron chi connectivity index (χ4n) is 3.62. The van der Waals surface area contributed by atoms with Crippen LogP contribution in [-0.4, -0.2) is 16.2 Å². The monoisotopic (exact) mass is 488 g/mol. The van der Waals surface area contributed by atoms with Crippen LogP contribution in [0.3, 0.4) is 0 Å². The molecule has 0 aliphatic carbocycles. The number of aromatic nitrogens is 2. The summed E-state index contributed by atoms with van der Waals surface area (Å²) in [6.07, 6.45) is 0.815. The zero-order valence-corrected chi connectivity index (χ0v) is 20.1. The van der Waals surface area contributed by atoms with Crippen LogP contribution in [0, 0.1) is 13.8 Å². The molecular weight excluding hydrogens is 467 g/mol. The van der Waals surface area contributed by atoms with Crippen molar-refractivity contribution in [3.63, 3.8) is 0 Å². The van der Waals surface area contributed by atoms with Crippen LogP contribution in [-0.2, 0) is 13.2 Å². The highest BCUT2D eigenvalue weighted by Gasteiger charge is 2.12. The van der Waals surface area contributed by atoms with E-state index >= 15 is 0 Å². The second-order valence-corrected chi connectivity index (χ2v) is 8.83. The summed E-state index contributed by atoms with van der Waals surface area (Å²) in [7, 11) is 0. The Kier molecular flexibility index (Phi) is 7.14. The molecule has 3 aromatic carbocycles. The van der Waals surface area contributed by atoms with Gasteiger partial charge in [0.15, 0.2) is 0 Å². The number of ether oxygens (including phenoxy) is 2. The zero-order chi connectivity index (χ0) is 22.7. The number of halogens is 3. The first-order valence-electron chi connectivity index (χ1n) is 10.3. The number of aryl methyl sites for hydroxylation is 3. The molecule has 0 spiro atoms. The van der Waals surface area contributed by atoms with Crippen molar-refractivity contribution in [2.45, 2.75) is 33.4 Å². The van der Waals surface area contributed by atoms with E-state index in [1.54, 1.807) is 18.2 Å². The number of para-hydroxylation sites is 2. The van der Waals surface area contributed by atoms with Gasteiger partial charge in [-0.15, -0.1) is 0 Å². The lowest BCUT2D eigenvalue weighted by molar-refractivity contribution is 0.280. The van der Waals surface area contributed by atoms with Crippen molar-refractivity contribution in [1.82, 2.24) is 9.55 Å². The van der Waals surface area contributed by atoms with E-state index in [1.165, 1.54) is 0 Å². The number of hydrogen-bond acceptors (Lipinski definition) is 3. The number of fused-ring (bicyclic) bond motifs is 1. The van der Waals surface area contributed by atoms with E-state index in [4.69, 9.17) is 49.3 Å². The predicted octanol–water partition coefficient (Wildman–Crippen LogP) is 7.66. The van der Waals surface area contributed by atoms with E-state index in [9.17, 15) is 0 Å². The molecule has 0 saturated heterocycles. The minimum atomic E-state index is 0.298. The highest BCUT2D eigenvalue weighted by Crippen LogP contribution is 2.29. The average molecular weight is 490 g/mol. The maximum absolute atomic E-state index is 6.25. The van der Waals surface area contributed by atoms with Crippen molar-refractivity contribution in [3.8, 4) is 11.5 Å². The van der Waals surface area contributed by atoms with Gasteiger partial charge in [0.25, 0.3) is 0 Å². The second kappa shape index (κ2) is 10.0. The smallest absolute Gasteiger partial charge is 0.148 e. The quantitative estimate of drug-likeness (QED) is 0.238. The SMILES string of the molecule is Cc1cc(OCCCn2c(COc3ccc(Cl)cc3Cl)nc3ccccc32)cc(C)c1Cl. The Balaban J connectivity index is 1.45. The minimum Gasteiger partial charge on any atom is -0.494 e. The Bertz CT molecular complexity index is 1230. The molecule has 32 heavy (non-hydrogen) atoms. The molecule has 1 heterocycles. The maximum atomic E-state index is 6.25. The van der Waals surface area contributed by atoms with Crippen LogP contribution in [0.4, 0.5) is 0 Å². The third kappa shape index (κ3) is 5.15. The molecule has 0 bridgehead atoms. The molecule has 0 unspecified atom stereocenters. The molecule has 0 radical (unpaired) electrons. The van der Waals surface area contributed by atoms with Crippen molar-refractivity contribution in [2.24, 2.45) is 0 Å². The van der Waals surface area contributed by atoms with Crippen molar-refractivity contribution < 1.29 is 9.47 Å². The third-order valence-corrected chi connectivity index (χ3v) is 6.32. The van der Waals surface area contributed by atoms with Gasteiger partial charge in [-0.1, -0.05) is 46.9 Å². The van der Waals surface area contributed by atoms with Gasteiger partial charge >= 0.3 is 0 Å². The Morgan fingerprint density at radius 2 is 1.66 bits per heavy atom. The molecule has 4 rings (SSSR count). The fraction of sp³-hybridized carbons (Fsp3) is 0.240. The molecule has 0 aliphatic rings. The summed E-state index contributed by atoms with van der Waals surface area (Å²) >= 11 is 18.5. The third-order valence-electron chi connectivity index (χ3n) is 5.19. The van der Waals surface area contributed by atoms with Crippen LogP contribution >= 0.6 is 34.8 Å². The summed E-state index contributed by atoms with van der Waals surface area (Å²) in [6, 6.07) is 17.2. The van der Waals surface area contributed by atoms with Gasteiger partial charge < -0.3 is 14.0 Å². The van der Waals surface area contributed by atoms with Crippen LogP contribution < -0.4 is 9.47 Å². The second-order valence-electron chi connectivity index (χ2n) is 7.60. The maximum Gasteiger partial charge on any atom is 0.148 e. The first-order valence-corrected chi connectivity index (χ1v) is 11.5. The van der Waals surface area contributed by atoms with Gasteiger partial charge in [0, 0.05) is 16.6 Å². The van der Waals surface area contributed by atoms with Crippen LogP contribution in [0.5, 0.6) is 11.5 Å². The number of imidazole rings is 1. The lowest BCUT2D eigenvalue weighted by Crippen LogP contribution is -2.10. The summed E-state index contributed by atoms with van der Waals surface area (Å²) in [5.74, 6) is 2.24. The lowest BCUT2D eigenvalue weighted by atomic mass is 10.1. The summed E-state index contributed by atoms with van der Waals surface area (Å²) in [5, 5.41) is 1.83. The highest BCUT2D eigenvalue weighted by atomic mass is 35.5. The molecular formula is C25H23Cl3N2O2. The van der Waals surface area contributed by atoms with Crippen LogP contribution in [0.2, 0.25) is 15.1 Å². The average Bonchev–Trinajstić information content (AvgIpc) is 3.12. The van der Waals surface area contributed by atoms with Crippen molar-refractivity contribution in [3.05, 3.63) is 86.6 Å². The fourth-order valence-corrected chi connectivity index (χ4v) is 4.19. The molecule has 0 atom stereocenters. The van der Waals surface area contributed by atoms with Gasteiger partial charge in [0.05, 0.1) is 22.7 Å². The summed E-state index contributed by atoms with van der Waals surface area (Å²) in [4.78, 5) is 4.76. The molecule has 4 nitrogen and oxygen atoms in total. The molecule has 1 aromatic heterocycles. The van der Waals surface area contributed by atoms with Gasteiger partial charge in [-0.25, -0.2) is 4.98 Å². The Morgan fingerprint density at radius 3 is 2.41 bits per heavy atom. The number of hydrogen-bond donors (Lipinski definition) is 0. The van der Waals surface area contributed by atoms with E-state index in [-0.39, 0.29) is 0 Å². The lowest BCUT2D eigenvalue weighted by Gasteiger charge is -2.13. The molecule has 166 valence electrons. The molecule has 0 fully saturated rings. The molecule has 7 heteroatoms. The Morgan fingerprint density at radius 1 is 0.906 bits per heavy atom. The first-order chi connectivity index (χ1) is 15.4. The van der Waals surface area contributed by atoms with Gasteiger partial charge in [0.1, 0.15) is 23.9 Å². The summed E-state index contributed by atoms with van der Waals surface area (Å²) < 4.78 is 14.1. The topological polar surface area (TPSA) is 36.3 Å². The zero-order valence-electron chi connectivity index (χ0n) is 17.9. The first kappa shape index (κ1) is 22.8. The van der Waals surface area contributed by atoms with Gasteiger partial charge in [-0.3, -0.25) is 0 Å². The Hall–Kier alpha value is -2.40. The molecule has 4 aromatic rings. The van der Waals surface area contributed by atoms with Crippen molar-refractivity contribution in [2.75, 3.05) is 6.61 Å². The summed E-state index contributed by atoms with van der Waals surface area (Å²) in [6.45, 7) is 5.60. The molecule has 0 saturated carbocycles. The van der Waals surface area contributed by atoms with Crippen LogP contribution in [0.1, 0.15) is 23.4 Å².